The first-order chi connectivity index (χ1) is 10.6. The van der Waals surface area contributed by atoms with Gasteiger partial charge in [-0.15, -0.1) is 0 Å². The zero-order valence-electron chi connectivity index (χ0n) is 11.6. The van der Waals surface area contributed by atoms with Gasteiger partial charge in [-0.1, -0.05) is 12.1 Å². The molecule has 2 aliphatic rings. The second-order valence-corrected chi connectivity index (χ2v) is 7.35. The smallest absolute Gasteiger partial charge is 0.251 e. The Kier molecular flexibility index (Phi) is 2.77. The van der Waals surface area contributed by atoms with Crippen LogP contribution in [0.2, 0.25) is 0 Å². The van der Waals surface area contributed by atoms with Crippen molar-refractivity contribution in [2.45, 2.75) is 28.7 Å². The molecular formula is C16H13NO4S. The second-order valence-electron chi connectivity index (χ2n) is 5.46. The fourth-order valence-corrected chi connectivity index (χ4v) is 3.92. The topological polar surface area (TPSA) is 72.5 Å². The Hall–Kier alpha value is -2.34. The molecule has 0 aromatic heterocycles. The summed E-state index contributed by atoms with van der Waals surface area (Å²) in [5.41, 5.74) is 0.403. The fourth-order valence-electron chi connectivity index (χ4n) is 2.44. The van der Waals surface area contributed by atoms with Crippen molar-refractivity contribution in [2.24, 2.45) is 0 Å². The molecule has 1 heterocycles. The quantitative estimate of drug-likeness (QED) is 0.788. The van der Waals surface area contributed by atoms with E-state index < -0.39 is 9.84 Å². The van der Waals surface area contributed by atoms with E-state index in [1.165, 1.54) is 24.3 Å². The van der Waals surface area contributed by atoms with Crippen LogP contribution in [-0.2, 0) is 9.84 Å². The zero-order valence-corrected chi connectivity index (χ0v) is 12.4. The molecule has 2 aromatic rings. The van der Waals surface area contributed by atoms with E-state index in [0.29, 0.717) is 5.56 Å². The van der Waals surface area contributed by atoms with E-state index in [0.717, 1.165) is 12.8 Å². The molecule has 1 aliphatic heterocycles. The molecule has 0 spiro atoms. The highest BCUT2D eigenvalue weighted by Crippen LogP contribution is 2.42. The fraction of sp³-hybridized carbons (Fsp3) is 0.188. The Balaban J connectivity index is 1.77. The SMILES string of the molecule is O=C(NC1CC1)c1ccc2c(c1)Oc1ccccc1S2(=O)=O. The van der Waals surface area contributed by atoms with Crippen LogP contribution in [0.5, 0.6) is 11.5 Å². The Bertz CT molecular complexity index is 885. The molecule has 0 unspecified atom stereocenters. The van der Waals surface area contributed by atoms with Crippen molar-refractivity contribution in [3.05, 3.63) is 48.0 Å². The van der Waals surface area contributed by atoms with Crippen molar-refractivity contribution < 1.29 is 17.9 Å². The summed E-state index contributed by atoms with van der Waals surface area (Å²) >= 11 is 0. The van der Waals surface area contributed by atoms with Gasteiger partial charge in [-0.2, -0.15) is 0 Å². The largest absolute Gasteiger partial charge is 0.455 e. The second kappa shape index (κ2) is 4.58. The number of benzene rings is 2. The van der Waals surface area contributed by atoms with Crippen LogP contribution >= 0.6 is 0 Å². The normalized spacial score (nSPS) is 17.8. The predicted octanol–water partition coefficient (Wildman–Crippen LogP) is 2.52. The standard InChI is InChI=1S/C16H13NO4S/c18-16(17-11-6-7-11)10-5-8-15-13(9-10)21-12-3-1-2-4-14(12)22(15,19)20/h1-5,8-9,11H,6-7H2,(H,17,18). The molecule has 112 valence electrons. The molecule has 4 rings (SSSR count). The number of amides is 1. The van der Waals surface area contributed by atoms with E-state index in [-0.39, 0.29) is 33.2 Å². The monoisotopic (exact) mass is 315 g/mol. The number of para-hydroxylation sites is 1. The van der Waals surface area contributed by atoms with Gasteiger partial charge in [-0.3, -0.25) is 4.79 Å². The molecule has 1 amide bonds. The zero-order chi connectivity index (χ0) is 15.3. The number of fused-ring (bicyclic) bond motifs is 2. The Morgan fingerprint density at radius 2 is 1.77 bits per heavy atom. The van der Waals surface area contributed by atoms with Crippen molar-refractivity contribution in [3.63, 3.8) is 0 Å². The maximum absolute atomic E-state index is 12.6. The van der Waals surface area contributed by atoms with E-state index >= 15 is 0 Å². The third kappa shape index (κ3) is 2.07. The van der Waals surface area contributed by atoms with E-state index in [4.69, 9.17) is 4.74 Å². The molecule has 1 N–H and O–H groups in total. The Labute approximate surface area is 127 Å². The van der Waals surface area contributed by atoms with Crippen molar-refractivity contribution >= 4 is 15.7 Å². The molecule has 0 saturated heterocycles. The van der Waals surface area contributed by atoms with Gasteiger partial charge in [0.25, 0.3) is 5.91 Å². The van der Waals surface area contributed by atoms with Gasteiger partial charge in [0.1, 0.15) is 21.3 Å². The summed E-state index contributed by atoms with van der Waals surface area (Å²) in [4.78, 5) is 12.3. The lowest BCUT2D eigenvalue weighted by Crippen LogP contribution is -2.25. The van der Waals surface area contributed by atoms with E-state index in [1.54, 1.807) is 18.2 Å². The average Bonchev–Trinajstić information content (AvgIpc) is 3.31. The van der Waals surface area contributed by atoms with E-state index in [2.05, 4.69) is 5.32 Å². The van der Waals surface area contributed by atoms with Crippen LogP contribution in [0.25, 0.3) is 0 Å². The van der Waals surface area contributed by atoms with Crippen LogP contribution in [-0.4, -0.2) is 20.4 Å². The molecule has 1 fully saturated rings. The lowest BCUT2D eigenvalue weighted by atomic mass is 10.2. The van der Waals surface area contributed by atoms with Gasteiger partial charge < -0.3 is 10.1 Å². The molecule has 2 aromatic carbocycles. The summed E-state index contributed by atoms with van der Waals surface area (Å²) in [6.45, 7) is 0. The first-order valence-corrected chi connectivity index (χ1v) is 8.51. The molecular weight excluding hydrogens is 302 g/mol. The summed E-state index contributed by atoms with van der Waals surface area (Å²) < 4.78 is 30.8. The van der Waals surface area contributed by atoms with Crippen molar-refractivity contribution in [1.82, 2.24) is 5.32 Å². The van der Waals surface area contributed by atoms with Crippen LogP contribution in [0.15, 0.2) is 52.3 Å². The number of carbonyl (C=O) groups excluding carboxylic acids is 1. The van der Waals surface area contributed by atoms with Crippen molar-refractivity contribution in [3.8, 4) is 11.5 Å². The lowest BCUT2D eigenvalue weighted by Gasteiger charge is -2.20. The number of ether oxygens (including phenoxy) is 1. The highest BCUT2D eigenvalue weighted by atomic mass is 32.2. The predicted molar refractivity (Wildman–Crippen MR) is 78.9 cm³/mol. The number of sulfone groups is 1. The number of carbonyl (C=O) groups is 1. The molecule has 5 nitrogen and oxygen atoms in total. The van der Waals surface area contributed by atoms with E-state index in [9.17, 15) is 13.2 Å². The number of rotatable bonds is 2. The lowest BCUT2D eigenvalue weighted by molar-refractivity contribution is 0.0950. The first kappa shape index (κ1) is 13.3. The minimum atomic E-state index is -3.61. The van der Waals surface area contributed by atoms with Crippen molar-refractivity contribution in [1.29, 1.82) is 0 Å². The van der Waals surface area contributed by atoms with Crippen LogP contribution in [0.1, 0.15) is 23.2 Å². The summed E-state index contributed by atoms with van der Waals surface area (Å²) in [5.74, 6) is 0.280. The summed E-state index contributed by atoms with van der Waals surface area (Å²) in [7, 11) is -3.61. The third-order valence-corrected chi connectivity index (χ3v) is 5.60. The molecule has 6 heteroatoms. The molecule has 0 atom stereocenters. The molecule has 1 aliphatic carbocycles. The summed E-state index contributed by atoms with van der Waals surface area (Å²) in [6.07, 6.45) is 1.99. The van der Waals surface area contributed by atoms with Crippen LogP contribution in [0.4, 0.5) is 0 Å². The van der Waals surface area contributed by atoms with Crippen LogP contribution < -0.4 is 10.1 Å². The third-order valence-electron chi connectivity index (χ3n) is 3.77. The van der Waals surface area contributed by atoms with Gasteiger partial charge in [0.15, 0.2) is 0 Å². The number of hydrogen-bond acceptors (Lipinski definition) is 4. The van der Waals surface area contributed by atoms with Crippen LogP contribution in [0.3, 0.4) is 0 Å². The first-order valence-electron chi connectivity index (χ1n) is 7.02. The maximum Gasteiger partial charge on any atom is 0.251 e. The molecule has 1 saturated carbocycles. The van der Waals surface area contributed by atoms with Gasteiger partial charge in [0.2, 0.25) is 9.84 Å². The van der Waals surface area contributed by atoms with Gasteiger partial charge in [0.05, 0.1) is 0 Å². The summed E-state index contributed by atoms with van der Waals surface area (Å²) in [6, 6.07) is 11.2. The Morgan fingerprint density at radius 3 is 2.55 bits per heavy atom. The van der Waals surface area contributed by atoms with Crippen LogP contribution in [0, 0.1) is 0 Å². The summed E-state index contributed by atoms with van der Waals surface area (Å²) in [5, 5.41) is 2.87. The molecule has 22 heavy (non-hydrogen) atoms. The number of hydrogen-bond donors (Lipinski definition) is 1. The van der Waals surface area contributed by atoms with E-state index in [1.807, 2.05) is 0 Å². The Morgan fingerprint density at radius 1 is 1.05 bits per heavy atom. The molecule has 0 radical (unpaired) electrons. The van der Waals surface area contributed by atoms with Gasteiger partial charge in [-0.25, -0.2) is 8.42 Å². The minimum absolute atomic E-state index is 0.0918. The highest BCUT2D eigenvalue weighted by Gasteiger charge is 2.32. The highest BCUT2D eigenvalue weighted by molar-refractivity contribution is 7.91. The molecule has 0 bridgehead atoms. The maximum atomic E-state index is 12.6. The minimum Gasteiger partial charge on any atom is -0.455 e. The van der Waals surface area contributed by atoms with Gasteiger partial charge in [-0.05, 0) is 43.2 Å². The van der Waals surface area contributed by atoms with Crippen molar-refractivity contribution in [2.75, 3.05) is 0 Å². The van der Waals surface area contributed by atoms with Gasteiger partial charge in [0, 0.05) is 11.6 Å². The van der Waals surface area contributed by atoms with Gasteiger partial charge >= 0.3 is 0 Å². The average molecular weight is 315 g/mol. The number of nitrogens with one attached hydrogen (secondary N) is 1.